The van der Waals surface area contributed by atoms with E-state index in [0.29, 0.717) is 16.7 Å². The van der Waals surface area contributed by atoms with Crippen molar-refractivity contribution < 1.29 is 4.92 Å². The average Bonchev–Trinajstić information content (AvgIpc) is 2.64. The molecular formula is C17H16N6O6. The molecule has 0 spiro atoms. The summed E-state index contributed by atoms with van der Waals surface area (Å²) in [5.41, 5.74) is 3.92. The number of nitro groups is 1. The number of nitro benzene ring substituents is 1. The lowest BCUT2D eigenvalue weighted by Crippen LogP contribution is -2.29. The van der Waals surface area contributed by atoms with Crippen molar-refractivity contribution in [2.45, 2.75) is 7.43 Å². The first-order valence-corrected chi connectivity index (χ1v) is 7.68. The normalized spacial score (nSPS) is 10.1. The van der Waals surface area contributed by atoms with Gasteiger partial charge in [-0.2, -0.15) is 0 Å². The van der Waals surface area contributed by atoms with E-state index in [1.54, 1.807) is 18.2 Å². The van der Waals surface area contributed by atoms with Crippen LogP contribution in [0.3, 0.4) is 0 Å². The maximum absolute atomic E-state index is 11.0. The molecule has 150 valence electrons. The molecule has 0 atom stereocenters. The summed E-state index contributed by atoms with van der Waals surface area (Å²) in [7, 11) is 0. The van der Waals surface area contributed by atoms with E-state index >= 15 is 0 Å². The minimum Gasteiger partial charge on any atom is -0.397 e. The number of fused-ring (bicyclic) bond motifs is 2. The lowest BCUT2D eigenvalue weighted by molar-refractivity contribution is -0.383. The molecular weight excluding hydrogens is 384 g/mol. The van der Waals surface area contributed by atoms with Gasteiger partial charge in [0.2, 0.25) is 0 Å². The third-order valence-electron chi connectivity index (χ3n) is 3.72. The van der Waals surface area contributed by atoms with Crippen LogP contribution in [0, 0.1) is 10.1 Å². The molecule has 0 saturated heterocycles. The number of nitrogen functional groups attached to an aromatic ring is 1. The molecule has 0 aliphatic rings. The van der Waals surface area contributed by atoms with Crippen molar-refractivity contribution in [2.24, 2.45) is 0 Å². The van der Waals surface area contributed by atoms with Crippen molar-refractivity contribution in [3.05, 3.63) is 87.9 Å². The largest absolute Gasteiger partial charge is 0.397 e. The lowest BCUT2D eigenvalue weighted by Gasteiger charge is -1.98. The molecule has 4 rings (SSSR count). The van der Waals surface area contributed by atoms with E-state index in [1.165, 1.54) is 18.2 Å². The number of hydrogen-bond acceptors (Lipinski definition) is 7. The van der Waals surface area contributed by atoms with E-state index < -0.39 is 27.2 Å². The fraction of sp³-hybridized carbons (Fsp3) is 0.0588. The van der Waals surface area contributed by atoms with Crippen LogP contribution in [0.5, 0.6) is 0 Å². The Labute approximate surface area is 160 Å². The first-order chi connectivity index (χ1) is 13.3. The third kappa shape index (κ3) is 4.10. The standard InChI is InChI=1S/C8H5N3O4.C8H7N3O2.CH4/c12-7-8(13)10-6-4(9-7)2-1-3-5(6)11(14)15;9-4-2-1-3-5-6(4)11-8(13)7(12)10-5;/h1-3H,(H,9,12)(H,10,13);1-3H,9H2,(H,10,12)(H,11,13);1H4. The Morgan fingerprint density at radius 1 is 0.724 bits per heavy atom. The summed E-state index contributed by atoms with van der Waals surface area (Å²) >= 11 is 0. The Morgan fingerprint density at radius 3 is 1.72 bits per heavy atom. The maximum Gasteiger partial charge on any atom is 0.314 e. The van der Waals surface area contributed by atoms with Crippen LogP contribution >= 0.6 is 0 Å². The zero-order chi connectivity index (χ0) is 20.4. The van der Waals surface area contributed by atoms with E-state index in [4.69, 9.17) is 5.73 Å². The average molecular weight is 400 g/mol. The number of nitrogens with zero attached hydrogens (tertiary/aromatic N) is 1. The Bertz CT molecular complexity index is 1450. The number of nitrogens with two attached hydrogens (primary N) is 1. The smallest absolute Gasteiger partial charge is 0.314 e. The number of aromatic nitrogens is 4. The highest BCUT2D eigenvalue weighted by atomic mass is 16.6. The number of H-pyrrole nitrogens is 4. The maximum atomic E-state index is 11.0. The number of rotatable bonds is 1. The highest BCUT2D eigenvalue weighted by Gasteiger charge is 2.12. The summed E-state index contributed by atoms with van der Waals surface area (Å²) in [5.74, 6) is 0. The molecule has 2 aromatic heterocycles. The van der Waals surface area contributed by atoms with Gasteiger partial charge in [0.15, 0.2) is 0 Å². The van der Waals surface area contributed by atoms with Crippen molar-refractivity contribution in [2.75, 3.05) is 5.73 Å². The lowest BCUT2D eigenvalue weighted by atomic mass is 10.2. The zero-order valence-electron chi connectivity index (χ0n) is 13.9. The van der Waals surface area contributed by atoms with Crippen LogP contribution in [-0.4, -0.2) is 24.9 Å². The molecule has 0 unspecified atom stereocenters. The molecule has 0 aliphatic carbocycles. The van der Waals surface area contributed by atoms with E-state index in [0.717, 1.165) is 0 Å². The number of non-ortho nitro benzene ring substituents is 1. The second-order valence-electron chi connectivity index (χ2n) is 5.54. The summed E-state index contributed by atoms with van der Waals surface area (Å²) in [4.78, 5) is 63.0. The van der Waals surface area contributed by atoms with Crippen molar-refractivity contribution >= 4 is 33.4 Å². The summed E-state index contributed by atoms with van der Waals surface area (Å²) in [6.45, 7) is 0. The second-order valence-corrected chi connectivity index (χ2v) is 5.54. The number of hydrogen-bond donors (Lipinski definition) is 5. The quantitative estimate of drug-likeness (QED) is 0.133. The number of para-hydroxylation sites is 2. The first kappa shape index (κ1) is 20.8. The van der Waals surface area contributed by atoms with Gasteiger partial charge in [0.1, 0.15) is 5.52 Å². The van der Waals surface area contributed by atoms with Crippen molar-refractivity contribution in [1.29, 1.82) is 0 Å². The van der Waals surface area contributed by atoms with Gasteiger partial charge >= 0.3 is 22.2 Å². The molecule has 0 fully saturated rings. The van der Waals surface area contributed by atoms with Gasteiger partial charge < -0.3 is 25.7 Å². The monoisotopic (exact) mass is 400 g/mol. The predicted octanol–water partition coefficient (Wildman–Crippen LogP) is 0.559. The van der Waals surface area contributed by atoms with Gasteiger partial charge in [-0.15, -0.1) is 0 Å². The Balaban J connectivity index is 0.000000202. The summed E-state index contributed by atoms with van der Waals surface area (Å²) in [5, 5.41) is 10.6. The van der Waals surface area contributed by atoms with Crippen molar-refractivity contribution in [1.82, 2.24) is 19.9 Å². The molecule has 0 radical (unpaired) electrons. The van der Waals surface area contributed by atoms with Crippen LogP contribution in [0.1, 0.15) is 7.43 Å². The van der Waals surface area contributed by atoms with Crippen LogP contribution in [-0.2, 0) is 0 Å². The number of anilines is 1. The van der Waals surface area contributed by atoms with Crippen LogP contribution in [0.25, 0.3) is 22.1 Å². The van der Waals surface area contributed by atoms with Crippen LogP contribution in [0.2, 0.25) is 0 Å². The predicted molar refractivity (Wildman–Crippen MR) is 108 cm³/mol. The van der Waals surface area contributed by atoms with E-state index in [1.807, 2.05) is 0 Å². The summed E-state index contributed by atoms with van der Waals surface area (Å²) in [6.07, 6.45) is 0. The van der Waals surface area contributed by atoms with Gasteiger partial charge in [0.05, 0.1) is 27.2 Å². The van der Waals surface area contributed by atoms with E-state index in [-0.39, 0.29) is 24.1 Å². The van der Waals surface area contributed by atoms with Gasteiger partial charge in [0, 0.05) is 6.07 Å². The molecule has 6 N–H and O–H groups in total. The summed E-state index contributed by atoms with van der Waals surface area (Å²) < 4.78 is 0. The van der Waals surface area contributed by atoms with Gasteiger partial charge in [-0.3, -0.25) is 29.3 Å². The molecule has 0 aliphatic heterocycles. The van der Waals surface area contributed by atoms with Gasteiger partial charge in [0.25, 0.3) is 5.69 Å². The molecule has 0 bridgehead atoms. The highest BCUT2D eigenvalue weighted by molar-refractivity contribution is 5.85. The Morgan fingerprint density at radius 2 is 1.17 bits per heavy atom. The van der Waals surface area contributed by atoms with Crippen LogP contribution < -0.4 is 28.0 Å². The van der Waals surface area contributed by atoms with Gasteiger partial charge in [-0.25, -0.2) is 0 Å². The topological polar surface area (TPSA) is 201 Å². The minimum absolute atomic E-state index is 0. The SMILES string of the molecule is C.Nc1cccc2[nH]c(=O)c(=O)[nH]c12.O=c1[nH]c2cccc([N+](=O)[O-])c2[nH]c1=O. The van der Waals surface area contributed by atoms with E-state index in [2.05, 4.69) is 19.9 Å². The molecule has 0 saturated carbocycles. The van der Waals surface area contributed by atoms with E-state index in [9.17, 15) is 29.3 Å². The van der Waals surface area contributed by atoms with Crippen LogP contribution in [0.15, 0.2) is 55.6 Å². The van der Waals surface area contributed by atoms with Crippen LogP contribution in [0.4, 0.5) is 11.4 Å². The number of benzene rings is 2. The summed E-state index contributed by atoms with van der Waals surface area (Å²) in [6, 6.07) is 9.16. The van der Waals surface area contributed by atoms with Gasteiger partial charge in [-0.1, -0.05) is 19.6 Å². The molecule has 2 heterocycles. The van der Waals surface area contributed by atoms with Crippen molar-refractivity contribution in [3.63, 3.8) is 0 Å². The highest BCUT2D eigenvalue weighted by Crippen LogP contribution is 2.19. The Kier molecular flexibility index (Phi) is 5.77. The Hall–Kier alpha value is -4.48. The number of aromatic amines is 4. The van der Waals surface area contributed by atoms with Gasteiger partial charge in [-0.05, 0) is 18.2 Å². The molecule has 0 amide bonds. The fourth-order valence-corrected chi connectivity index (χ4v) is 2.44. The number of nitrogens with one attached hydrogen (secondary N) is 4. The first-order valence-electron chi connectivity index (χ1n) is 7.68. The fourth-order valence-electron chi connectivity index (χ4n) is 2.44. The third-order valence-corrected chi connectivity index (χ3v) is 3.72. The molecule has 4 aromatic rings. The minimum atomic E-state index is -0.906. The zero-order valence-corrected chi connectivity index (χ0v) is 13.9. The van der Waals surface area contributed by atoms with Crippen molar-refractivity contribution in [3.8, 4) is 0 Å². The molecule has 12 heteroatoms. The molecule has 2 aromatic carbocycles. The molecule has 29 heavy (non-hydrogen) atoms. The second kappa shape index (κ2) is 8.04. The molecule has 12 nitrogen and oxygen atoms in total.